The third-order valence-electron chi connectivity index (χ3n) is 3.67. The molecule has 2 aromatic rings. The first-order valence-electron chi connectivity index (χ1n) is 7.52. The number of aryl methyl sites for hydroxylation is 1. The van der Waals surface area contributed by atoms with Crippen molar-refractivity contribution in [2.75, 3.05) is 19.4 Å². The van der Waals surface area contributed by atoms with Gasteiger partial charge in [-0.1, -0.05) is 30.3 Å². The summed E-state index contributed by atoms with van der Waals surface area (Å²) in [5, 5.41) is 12.8. The van der Waals surface area contributed by atoms with Gasteiger partial charge in [-0.3, -0.25) is 4.79 Å². The van der Waals surface area contributed by atoms with Gasteiger partial charge in [-0.05, 0) is 35.7 Å². The van der Waals surface area contributed by atoms with E-state index in [1.807, 2.05) is 24.3 Å². The summed E-state index contributed by atoms with van der Waals surface area (Å²) in [7, 11) is 1.59. The number of para-hydroxylation sites is 1. The zero-order chi connectivity index (χ0) is 16.7. The van der Waals surface area contributed by atoms with E-state index in [1.165, 1.54) is 0 Å². The van der Waals surface area contributed by atoms with Crippen LogP contribution in [0.2, 0.25) is 0 Å². The molecule has 1 amide bonds. The maximum absolute atomic E-state index is 11.9. The minimum atomic E-state index is -0.744. The van der Waals surface area contributed by atoms with Crippen LogP contribution in [0, 0.1) is 0 Å². The van der Waals surface area contributed by atoms with Gasteiger partial charge >= 0.3 is 0 Å². The molecule has 0 bridgehead atoms. The average molecular weight is 314 g/mol. The second-order valence-electron chi connectivity index (χ2n) is 5.29. The molecule has 0 saturated heterocycles. The van der Waals surface area contributed by atoms with Gasteiger partial charge in [0.1, 0.15) is 5.75 Å². The topological polar surface area (TPSA) is 84.6 Å². The van der Waals surface area contributed by atoms with Gasteiger partial charge in [0.15, 0.2) is 0 Å². The lowest BCUT2D eigenvalue weighted by molar-refractivity contribution is -0.121. The highest BCUT2D eigenvalue weighted by Gasteiger charge is 2.10. The highest BCUT2D eigenvalue weighted by molar-refractivity contribution is 5.76. The lowest BCUT2D eigenvalue weighted by Crippen LogP contribution is -2.28. The molecule has 0 heterocycles. The van der Waals surface area contributed by atoms with Crippen molar-refractivity contribution >= 4 is 11.6 Å². The first kappa shape index (κ1) is 16.8. The van der Waals surface area contributed by atoms with Gasteiger partial charge in [-0.2, -0.15) is 0 Å². The maximum Gasteiger partial charge on any atom is 0.220 e. The molecular weight excluding hydrogens is 292 g/mol. The number of methoxy groups -OCH3 is 1. The lowest BCUT2D eigenvalue weighted by atomic mass is 10.1. The largest absolute Gasteiger partial charge is 0.497 e. The molecule has 0 fully saturated rings. The summed E-state index contributed by atoms with van der Waals surface area (Å²) in [6.45, 7) is 0.176. The first-order chi connectivity index (χ1) is 11.1. The molecule has 4 N–H and O–H groups in total. The Morgan fingerprint density at radius 2 is 1.91 bits per heavy atom. The Hall–Kier alpha value is -2.53. The number of nitrogen functional groups attached to an aromatic ring is 1. The molecular formula is C18H22N2O3. The lowest BCUT2D eigenvalue weighted by Gasteiger charge is -2.13. The fourth-order valence-electron chi connectivity index (χ4n) is 2.25. The van der Waals surface area contributed by atoms with Crippen LogP contribution in [0.25, 0.3) is 0 Å². The van der Waals surface area contributed by atoms with Crippen LogP contribution in [-0.4, -0.2) is 24.7 Å². The number of ether oxygens (including phenoxy) is 1. The van der Waals surface area contributed by atoms with E-state index in [9.17, 15) is 9.90 Å². The molecule has 2 aromatic carbocycles. The van der Waals surface area contributed by atoms with Crippen molar-refractivity contribution in [1.29, 1.82) is 0 Å². The predicted molar refractivity (Wildman–Crippen MR) is 90.1 cm³/mol. The number of carbonyl (C=O) groups excluding carboxylic acids is 1. The van der Waals surface area contributed by atoms with Crippen LogP contribution in [-0.2, 0) is 11.2 Å². The second kappa shape index (κ2) is 8.19. The summed E-state index contributed by atoms with van der Waals surface area (Å²) in [4.78, 5) is 11.9. The fourth-order valence-corrected chi connectivity index (χ4v) is 2.25. The van der Waals surface area contributed by atoms with Gasteiger partial charge in [-0.25, -0.2) is 0 Å². The van der Waals surface area contributed by atoms with Crippen molar-refractivity contribution in [2.24, 2.45) is 0 Å². The van der Waals surface area contributed by atoms with Gasteiger partial charge in [0.25, 0.3) is 0 Å². The van der Waals surface area contributed by atoms with Crippen LogP contribution in [0.3, 0.4) is 0 Å². The Labute approximate surface area is 136 Å². The average Bonchev–Trinajstić information content (AvgIpc) is 2.59. The van der Waals surface area contributed by atoms with E-state index < -0.39 is 6.10 Å². The first-order valence-corrected chi connectivity index (χ1v) is 7.52. The molecule has 0 aliphatic rings. The second-order valence-corrected chi connectivity index (χ2v) is 5.29. The number of nitrogens with one attached hydrogen (secondary N) is 1. The third-order valence-corrected chi connectivity index (χ3v) is 3.67. The zero-order valence-corrected chi connectivity index (χ0v) is 13.2. The summed E-state index contributed by atoms with van der Waals surface area (Å²) in [5.74, 6) is 0.617. The quantitative estimate of drug-likeness (QED) is 0.683. The van der Waals surface area contributed by atoms with Crippen molar-refractivity contribution in [2.45, 2.75) is 18.9 Å². The fraction of sp³-hybridized carbons (Fsp3) is 0.278. The molecule has 0 saturated carbocycles. The van der Waals surface area contributed by atoms with Crippen LogP contribution in [0.1, 0.15) is 23.7 Å². The molecule has 0 radical (unpaired) electrons. The smallest absolute Gasteiger partial charge is 0.220 e. The number of hydrogen-bond acceptors (Lipinski definition) is 4. The number of anilines is 1. The summed E-state index contributed by atoms with van der Waals surface area (Å²) < 4.78 is 5.07. The van der Waals surface area contributed by atoms with Crippen molar-refractivity contribution in [3.05, 3.63) is 59.7 Å². The van der Waals surface area contributed by atoms with Crippen LogP contribution < -0.4 is 15.8 Å². The van der Waals surface area contributed by atoms with E-state index in [4.69, 9.17) is 10.5 Å². The molecule has 122 valence electrons. The molecule has 0 aliphatic carbocycles. The summed E-state index contributed by atoms with van der Waals surface area (Å²) >= 11 is 0. The van der Waals surface area contributed by atoms with Gasteiger partial charge in [0, 0.05) is 18.7 Å². The Morgan fingerprint density at radius 1 is 1.22 bits per heavy atom. The number of aliphatic hydroxyl groups excluding tert-OH is 1. The van der Waals surface area contributed by atoms with Gasteiger partial charge in [0.05, 0.1) is 13.2 Å². The minimum absolute atomic E-state index is 0.110. The van der Waals surface area contributed by atoms with Crippen molar-refractivity contribution < 1.29 is 14.6 Å². The molecule has 2 rings (SSSR count). The van der Waals surface area contributed by atoms with E-state index in [1.54, 1.807) is 31.4 Å². The van der Waals surface area contributed by atoms with Crippen molar-refractivity contribution in [3.8, 4) is 5.75 Å². The number of carbonyl (C=O) groups is 1. The van der Waals surface area contributed by atoms with E-state index in [2.05, 4.69) is 5.32 Å². The van der Waals surface area contributed by atoms with Crippen LogP contribution in [0.4, 0.5) is 5.69 Å². The summed E-state index contributed by atoms with van der Waals surface area (Å²) in [6, 6.07) is 14.6. The predicted octanol–water partition coefficient (Wildman–Crippen LogP) is 2.06. The van der Waals surface area contributed by atoms with E-state index in [-0.39, 0.29) is 12.5 Å². The van der Waals surface area contributed by atoms with Gasteiger partial charge in [-0.15, -0.1) is 0 Å². The number of aliphatic hydroxyl groups is 1. The van der Waals surface area contributed by atoms with E-state index >= 15 is 0 Å². The highest BCUT2D eigenvalue weighted by atomic mass is 16.5. The maximum atomic E-state index is 11.9. The molecule has 23 heavy (non-hydrogen) atoms. The third kappa shape index (κ3) is 5.00. The normalized spacial score (nSPS) is 11.7. The number of rotatable bonds is 7. The molecule has 0 spiro atoms. The summed E-state index contributed by atoms with van der Waals surface area (Å²) in [5.41, 5.74) is 8.23. The number of nitrogens with two attached hydrogens (primary N) is 1. The standard InChI is InChI=1S/C18H22N2O3/c1-23-15-9-6-14(7-10-15)17(21)12-20-18(22)11-8-13-4-2-3-5-16(13)19/h2-7,9-10,17,21H,8,11-12,19H2,1H3,(H,20,22). The number of hydrogen-bond donors (Lipinski definition) is 3. The van der Waals surface area contributed by atoms with Crippen LogP contribution in [0.15, 0.2) is 48.5 Å². The molecule has 1 atom stereocenters. The number of amides is 1. The van der Waals surface area contributed by atoms with Gasteiger partial charge in [0.2, 0.25) is 5.91 Å². The van der Waals surface area contributed by atoms with Crippen LogP contribution in [0.5, 0.6) is 5.75 Å². The van der Waals surface area contributed by atoms with Crippen molar-refractivity contribution in [3.63, 3.8) is 0 Å². The monoisotopic (exact) mass is 314 g/mol. The van der Waals surface area contributed by atoms with E-state index in [0.717, 1.165) is 16.9 Å². The highest BCUT2D eigenvalue weighted by Crippen LogP contribution is 2.17. The molecule has 0 aliphatic heterocycles. The Morgan fingerprint density at radius 3 is 2.57 bits per heavy atom. The molecule has 5 nitrogen and oxygen atoms in total. The van der Waals surface area contributed by atoms with Gasteiger partial charge < -0.3 is 20.9 Å². The van der Waals surface area contributed by atoms with Crippen LogP contribution >= 0.6 is 0 Å². The Bertz CT molecular complexity index is 641. The molecule has 1 unspecified atom stereocenters. The summed E-state index contributed by atoms with van der Waals surface area (Å²) in [6.07, 6.45) is 0.174. The molecule has 0 aromatic heterocycles. The Balaban J connectivity index is 1.78. The van der Waals surface area contributed by atoms with E-state index in [0.29, 0.717) is 18.5 Å². The minimum Gasteiger partial charge on any atom is -0.497 e. The molecule has 5 heteroatoms. The van der Waals surface area contributed by atoms with Crippen molar-refractivity contribution in [1.82, 2.24) is 5.32 Å². The SMILES string of the molecule is COc1ccc(C(O)CNC(=O)CCc2ccccc2N)cc1. The number of benzene rings is 2. The zero-order valence-electron chi connectivity index (χ0n) is 13.2. The Kier molecular flexibility index (Phi) is 6.00.